The molecule has 0 radical (unpaired) electrons. The number of carbonyl (C=O) groups excluding carboxylic acids is 1. The smallest absolute Gasteiger partial charge is 0.333 e. The molecule has 3 heteroatoms. The summed E-state index contributed by atoms with van der Waals surface area (Å²) < 4.78 is 4.60. The van der Waals surface area contributed by atoms with Gasteiger partial charge in [-0.3, -0.25) is 0 Å². The van der Waals surface area contributed by atoms with Crippen LogP contribution in [0.4, 0.5) is 0 Å². The maximum Gasteiger partial charge on any atom is 0.333 e. The van der Waals surface area contributed by atoms with Gasteiger partial charge in [-0.2, -0.15) is 11.8 Å². The molecule has 80 valence electrons. The van der Waals surface area contributed by atoms with Crippen molar-refractivity contribution in [1.82, 2.24) is 0 Å². The second-order valence-electron chi connectivity index (χ2n) is 3.67. The first kappa shape index (κ1) is 11.6. The fourth-order valence-corrected chi connectivity index (χ4v) is 2.87. The highest BCUT2D eigenvalue weighted by atomic mass is 32.2. The van der Waals surface area contributed by atoms with Crippen LogP contribution in [-0.4, -0.2) is 24.1 Å². The van der Waals surface area contributed by atoms with E-state index in [2.05, 4.69) is 11.3 Å². The van der Waals surface area contributed by atoms with Crippen molar-refractivity contribution in [1.29, 1.82) is 0 Å². The highest BCUT2D eigenvalue weighted by Gasteiger charge is 2.15. The molecule has 1 fully saturated rings. The number of rotatable bonds is 4. The number of esters is 1. The minimum Gasteiger partial charge on any atom is -0.466 e. The van der Waals surface area contributed by atoms with Crippen molar-refractivity contribution in [2.75, 3.05) is 12.9 Å². The van der Waals surface area contributed by atoms with Gasteiger partial charge in [-0.15, -0.1) is 0 Å². The lowest BCUT2D eigenvalue weighted by molar-refractivity contribution is -0.135. The van der Waals surface area contributed by atoms with Gasteiger partial charge in [0.05, 0.1) is 7.11 Å². The first-order valence-electron chi connectivity index (χ1n) is 5.11. The maximum atomic E-state index is 11.0. The molecule has 1 aliphatic carbocycles. The number of hydrogen-bond donors (Lipinski definition) is 0. The Hall–Kier alpha value is -0.440. The zero-order chi connectivity index (χ0) is 10.4. The van der Waals surface area contributed by atoms with Crippen molar-refractivity contribution >= 4 is 17.7 Å². The molecule has 0 bridgehead atoms. The monoisotopic (exact) mass is 214 g/mol. The van der Waals surface area contributed by atoms with Gasteiger partial charge in [0.1, 0.15) is 0 Å². The standard InChI is InChI=1S/C11H18O2S/c1-9(11(12)13-2)8-14-10-6-4-3-5-7-10/h10H,1,3-8H2,2H3. The minimum atomic E-state index is -0.270. The minimum absolute atomic E-state index is 0.270. The Balaban J connectivity index is 2.18. The third-order valence-electron chi connectivity index (χ3n) is 2.52. The Morgan fingerprint density at radius 1 is 1.43 bits per heavy atom. The Bertz CT molecular complexity index is 207. The van der Waals surface area contributed by atoms with Gasteiger partial charge in [-0.25, -0.2) is 4.79 Å². The van der Waals surface area contributed by atoms with Crippen molar-refractivity contribution in [3.63, 3.8) is 0 Å². The highest BCUT2D eigenvalue weighted by molar-refractivity contribution is 8.00. The number of carbonyl (C=O) groups is 1. The van der Waals surface area contributed by atoms with E-state index < -0.39 is 0 Å². The van der Waals surface area contributed by atoms with Crippen molar-refractivity contribution in [3.8, 4) is 0 Å². The Labute approximate surface area is 90.1 Å². The quantitative estimate of drug-likeness (QED) is 0.531. The first-order chi connectivity index (χ1) is 6.74. The zero-order valence-corrected chi connectivity index (χ0v) is 9.57. The second-order valence-corrected chi connectivity index (χ2v) is 4.95. The van der Waals surface area contributed by atoms with E-state index in [1.54, 1.807) is 0 Å². The summed E-state index contributed by atoms with van der Waals surface area (Å²) in [6.45, 7) is 3.71. The molecule has 0 aromatic heterocycles. The fraction of sp³-hybridized carbons (Fsp3) is 0.727. The van der Waals surface area contributed by atoms with E-state index in [1.807, 2.05) is 11.8 Å². The van der Waals surface area contributed by atoms with Gasteiger partial charge in [0.25, 0.3) is 0 Å². The van der Waals surface area contributed by atoms with E-state index in [1.165, 1.54) is 39.2 Å². The van der Waals surface area contributed by atoms with Gasteiger partial charge >= 0.3 is 5.97 Å². The second kappa shape index (κ2) is 6.12. The summed E-state index contributed by atoms with van der Waals surface area (Å²) in [6.07, 6.45) is 6.62. The molecule has 0 amide bonds. The molecule has 0 heterocycles. The number of hydrogen-bond acceptors (Lipinski definition) is 3. The normalized spacial score (nSPS) is 17.8. The summed E-state index contributed by atoms with van der Waals surface area (Å²) in [5, 5.41) is 0.727. The Morgan fingerprint density at radius 2 is 2.07 bits per heavy atom. The number of methoxy groups -OCH3 is 1. The summed E-state index contributed by atoms with van der Waals surface area (Å²) in [5.41, 5.74) is 0.586. The number of thioether (sulfide) groups is 1. The molecule has 1 aliphatic rings. The van der Waals surface area contributed by atoms with Crippen molar-refractivity contribution < 1.29 is 9.53 Å². The molecule has 1 saturated carbocycles. The summed E-state index contributed by atoms with van der Waals surface area (Å²) >= 11 is 1.85. The molecule has 0 saturated heterocycles. The molecule has 0 spiro atoms. The average Bonchev–Trinajstić information content (AvgIpc) is 2.26. The van der Waals surface area contributed by atoms with Crippen molar-refractivity contribution in [2.24, 2.45) is 0 Å². The molecule has 14 heavy (non-hydrogen) atoms. The molecular weight excluding hydrogens is 196 g/mol. The highest BCUT2D eigenvalue weighted by Crippen LogP contribution is 2.29. The zero-order valence-electron chi connectivity index (χ0n) is 8.75. The number of ether oxygens (including phenoxy) is 1. The average molecular weight is 214 g/mol. The molecule has 1 rings (SSSR count). The predicted octanol–water partition coefficient (Wildman–Crippen LogP) is 2.78. The van der Waals surface area contributed by atoms with Crippen LogP contribution in [0, 0.1) is 0 Å². The van der Waals surface area contributed by atoms with Crippen LogP contribution in [0.1, 0.15) is 32.1 Å². The lowest BCUT2D eigenvalue weighted by atomic mass is 10.0. The third-order valence-corrected chi connectivity index (χ3v) is 3.98. The summed E-state index contributed by atoms with van der Waals surface area (Å²) in [7, 11) is 1.40. The van der Waals surface area contributed by atoms with Crippen LogP contribution in [0.15, 0.2) is 12.2 Å². The summed E-state index contributed by atoms with van der Waals surface area (Å²) in [5.74, 6) is 0.449. The molecule has 0 aromatic rings. The van der Waals surface area contributed by atoms with Crippen molar-refractivity contribution in [3.05, 3.63) is 12.2 Å². The van der Waals surface area contributed by atoms with E-state index >= 15 is 0 Å². The SMILES string of the molecule is C=C(CSC1CCCCC1)C(=O)OC. The van der Waals surface area contributed by atoms with E-state index in [9.17, 15) is 4.79 Å². The van der Waals surface area contributed by atoms with Gasteiger partial charge in [-0.05, 0) is 12.8 Å². The van der Waals surface area contributed by atoms with Crippen LogP contribution in [0.3, 0.4) is 0 Å². The van der Waals surface area contributed by atoms with E-state index in [0.29, 0.717) is 5.57 Å². The van der Waals surface area contributed by atoms with Gasteiger partial charge in [-0.1, -0.05) is 25.8 Å². The van der Waals surface area contributed by atoms with Crippen LogP contribution >= 0.6 is 11.8 Å². The van der Waals surface area contributed by atoms with Crippen LogP contribution < -0.4 is 0 Å². The van der Waals surface area contributed by atoms with E-state index in [-0.39, 0.29) is 5.97 Å². The molecular formula is C11H18O2S. The van der Waals surface area contributed by atoms with Crippen LogP contribution in [-0.2, 0) is 9.53 Å². The maximum absolute atomic E-state index is 11.0. The third kappa shape index (κ3) is 3.74. The largest absolute Gasteiger partial charge is 0.466 e. The van der Waals surface area contributed by atoms with Gasteiger partial charge in [0.2, 0.25) is 0 Å². The van der Waals surface area contributed by atoms with Gasteiger partial charge in [0, 0.05) is 16.6 Å². The van der Waals surface area contributed by atoms with Gasteiger partial charge < -0.3 is 4.74 Å². The van der Waals surface area contributed by atoms with Crippen LogP contribution in [0.5, 0.6) is 0 Å². The van der Waals surface area contributed by atoms with Crippen molar-refractivity contribution in [2.45, 2.75) is 37.4 Å². The molecule has 0 atom stereocenters. The summed E-state index contributed by atoms with van der Waals surface area (Å²) in [6, 6.07) is 0. The summed E-state index contributed by atoms with van der Waals surface area (Å²) in [4.78, 5) is 11.0. The molecule has 0 unspecified atom stereocenters. The van der Waals surface area contributed by atoms with E-state index in [4.69, 9.17) is 0 Å². The van der Waals surface area contributed by atoms with Crippen LogP contribution in [0.25, 0.3) is 0 Å². The van der Waals surface area contributed by atoms with E-state index in [0.717, 1.165) is 11.0 Å². The topological polar surface area (TPSA) is 26.3 Å². The Kier molecular flexibility index (Phi) is 5.09. The molecule has 2 nitrogen and oxygen atoms in total. The lowest BCUT2D eigenvalue weighted by Gasteiger charge is -2.20. The van der Waals surface area contributed by atoms with Gasteiger partial charge in [0.15, 0.2) is 0 Å². The first-order valence-corrected chi connectivity index (χ1v) is 6.16. The van der Waals surface area contributed by atoms with Crippen LogP contribution in [0.2, 0.25) is 0 Å². The fourth-order valence-electron chi connectivity index (χ4n) is 1.65. The molecule has 0 N–H and O–H groups in total. The predicted molar refractivity (Wildman–Crippen MR) is 60.5 cm³/mol. The lowest BCUT2D eigenvalue weighted by Crippen LogP contribution is -2.12. The molecule has 0 aliphatic heterocycles. The Morgan fingerprint density at radius 3 is 2.64 bits per heavy atom. The molecule has 0 aromatic carbocycles.